The molecule has 6 nitrogen and oxygen atoms in total. The molecule has 1 aromatic rings. The fourth-order valence-corrected chi connectivity index (χ4v) is 0.937. The zero-order chi connectivity index (χ0) is 9.84. The third-order valence-electron chi connectivity index (χ3n) is 1.74. The van der Waals surface area contributed by atoms with E-state index in [-0.39, 0.29) is 5.96 Å². The summed E-state index contributed by atoms with van der Waals surface area (Å²) in [5.41, 5.74) is 9.36. The van der Waals surface area contributed by atoms with Crippen LogP contribution in [-0.4, -0.2) is 11.1 Å². The van der Waals surface area contributed by atoms with Gasteiger partial charge in [-0.25, -0.2) is 10.8 Å². The maximum absolute atomic E-state index is 5.35. The molecule has 0 aliphatic rings. The summed E-state index contributed by atoms with van der Waals surface area (Å²) in [7, 11) is 0. The molecule has 0 atom stereocenters. The van der Waals surface area contributed by atoms with Gasteiger partial charge < -0.3 is 10.3 Å². The SMILES string of the molecule is Cc1noc(C)c1CN=C(N)NN. The molecule has 6 heteroatoms. The van der Waals surface area contributed by atoms with Crippen LogP contribution in [0.25, 0.3) is 0 Å². The highest BCUT2D eigenvalue weighted by Gasteiger charge is 2.07. The Bertz CT molecular complexity index is 297. The average molecular weight is 183 g/mol. The molecule has 0 saturated carbocycles. The van der Waals surface area contributed by atoms with E-state index in [4.69, 9.17) is 16.1 Å². The van der Waals surface area contributed by atoms with E-state index in [2.05, 4.69) is 15.6 Å². The Hall–Kier alpha value is -1.56. The minimum atomic E-state index is 0.194. The third kappa shape index (κ3) is 2.19. The Balaban J connectivity index is 2.74. The van der Waals surface area contributed by atoms with Crippen molar-refractivity contribution in [1.29, 1.82) is 0 Å². The van der Waals surface area contributed by atoms with Gasteiger partial charge in [-0.1, -0.05) is 5.16 Å². The molecule has 0 aliphatic heterocycles. The van der Waals surface area contributed by atoms with Gasteiger partial charge in [-0.2, -0.15) is 0 Å². The van der Waals surface area contributed by atoms with Crippen molar-refractivity contribution in [3.63, 3.8) is 0 Å². The van der Waals surface area contributed by atoms with Gasteiger partial charge in [-0.15, -0.1) is 0 Å². The number of nitrogens with zero attached hydrogens (tertiary/aromatic N) is 2. The first-order valence-corrected chi connectivity index (χ1v) is 3.83. The summed E-state index contributed by atoms with van der Waals surface area (Å²) in [6, 6.07) is 0. The average Bonchev–Trinajstić information content (AvgIpc) is 2.43. The number of hydrazine groups is 1. The van der Waals surface area contributed by atoms with Crippen LogP contribution in [0.4, 0.5) is 0 Å². The fourth-order valence-electron chi connectivity index (χ4n) is 0.937. The predicted octanol–water partition coefficient (Wildman–Crippen LogP) is -0.431. The first-order chi connectivity index (χ1) is 6.15. The maximum atomic E-state index is 5.35. The molecule has 0 radical (unpaired) electrons. The summed E-state index contributed by atoms with van der Waals surface area (Å²) in [4.78, 5) is 3.97. The Kier molecular flexibility index (Phi) is 2.86. The quantitative estimate of drug-likeness (QED) is 0.250. The monoisotopic (exact) mass is 183 g/mol. The standard InChI is InChI=1S/C7H13N5O/c1-4-6(5(2)13-12-4)3-10-7(8)11-9/h3,9H2,1-2H3,(H3,8,10,11). The number of rotatable bonds is 2. The second-order valence-electron chi connectivity index (χ2n) is 2.65. The van der Waals surface area contributed by atoms with Crippen molar-refractivity contribution in [2.45, 2.75) is 20.4 Å². The number of aliphatic imine (C=N–C) groups is 1. The van der Waals surface area contributed by atoms with E-state index in [1.54, 1.807) is 0 Å². The molecule has 5 N–H and O–H groups in total. The number of guanidine groups is 1. The van der Waals surface area contributed by atoms with E-state index in [0.717, 1.165) is 17.0 Å². The molecule has 0 saturated heterocycles. The zero-order valence-electron chi connectivity index (χ0n) is 7.66. The van der Waals surface area contributed by atoms with Crippen LogP contribution in [0.2, 0.25) is 0 Å². The summed E-state index contributed by atoms with van der Waals surface area (Å²) >= 11 is 0. The Morgan fingerprint density at radius 3 is 2.77 bits per heavy atom. The second kappa shape index (κ2) is 3.90. The van der Waals surface area contributed by atoms with Crippen LogP contribution >= 0.6 is 0 Å². The van der Waals surface area contributed by atoms with Gasteiger partial charge in [0.25, 0.3) is 0 Å². The van der Waals surface area contributed by atoms with E-state index < -0.39 is 0 Å². The van der Waals surface area contributed by atoms with Gasteiger partial charge >= 0.3 is 0 Å². The van der Waals surface area contributed by atoms with Crippen molar-refractivity contribution in [3.05, 3.63) is 17.0 Å². The highest BCUT2D eigenvalue weighted by molar-refractivity contribution is 5.77. The lowest BCUT2D eigenvalue weighted by atomic mass is 10.2. The van der Waals surface area contributed by atoms with Crippen LogP contribution < -0.4 is 17.0 Å². The van der Waals surface area contributed by atoms with E-state index in [1.165, 1.54) is 0 Å². The predicted molar refractivity (Wildman–Crippen MR) is 48.6 cm³/mol. The Morgan fingerprint density at radius 2 is 2.31 bits per heavy atom. The lowest BCUT2D eigenvalue weighted by molar-refractivity contribution is 0.392. The van der Waals surface area contributed by atoms with Crippen LogP contribution in [0, 0.1) is 13.8 Å². The lowest BCUT2D eigenvalue weighted by Gasteiger charge is -1.97. The topological polar surface area (TPSA) is 102 Å². The Labute approximate surface area is 76.0 Å². The molecule has 1 rings (SSSR count). The summed E-state index contributed by atoms with van der Waals surface area (Å²) in [5, 5.41) is 3.78. The molecular weight excluding hydrogens is 170 g/mol. The summed E-state index contributed by atoms with van der Waals surface area (Å²) in [5.74, 6) is 5.99. The van der Waals surface area contributed by atoms with Crippen LogP contribution in [0.5, 0.6) is 0 Å². The molecule has 0 spiro atoms. The van der Waals surface area contributed by atoms with Gasteiger partial charge in [0.1, 0.15) is 5.76 Å². The minimum absolute atomic E-state index is 0.194. The minimum Gasteiger partial charge on any atom is -0.369 e. The van der Waals surface area contributed by atoms with E-state index in [1.807, 2.05) is 13.8 Å². The highest BCUT2D eigenvalue weighted by atomic mass is 16.5. The number of aromatic nitrogens is 1. The van der Waals surface area contributed by atoms with E-state index in [0.29, 0.717) is 6.54 Å². The molecule has 0 aliphatic carbocycles. The summed E-state index contributed by atoms with van der Waals surface area (Å²) in [6.45, 7) is 4.11. The molecule has 1 aromatic heterocycles. The van der Waals surface area contributed by atoms with Gasteiger partial charge in [0.2, 0.25) is 5.96 Å². The van der Waals surface area contributed by atoms with Crippen LogP contribution in [0.15, 0.2) is 9.52 Å². The van der Waals surface area contributed by atoms with E-state index in [9.17, 15) is 0 Å². The molecule has 0 amide bonds. The van der Waals surface area contributed by atoms with Gasteiger partial charge in [0.05, 0.1) is 12.2 Å². The summed E-state index contributed by atoms with van der Waals surface area (Å²) in [6.07, 6.45) is 0. The van der Waals surface area contributed by atoms with Crippen molar-refractivity contribution < 1.29 is 4.52 Å². The fraction of sp³-hybridized carbons (Fsp3) is 0.429. The molecule has 13 heavy (non-hydrogen) atoms. The molecule has 1 heterocycles. The van der Waals surface area contributed by atoms with Gasteiger partial charge in [-0.3, -0.25) is 5.43 Å². The number of nitrogens with two attached hydrogens (primary N) is 2. The van der Waals surface area contributed by atoms with Crippen molar-refractivity contribution in [2.75, 3.05) is 0 Å². The molecule has 0 aromatic carbocycles. The molecule has 72 valence electrons. The van der Waals surface area contributed by atoms with Crippen LogP contribution in [0.1, 0.15) is 17.0 Å². The smallest absolute Gasteiger partial charge is 0.203 e. The van der Waals surface area contributed by atoms with Crippen LogP contribution in [-0.2, 0) is 6.54 Å². The first-order valence-electron chi connectivity index (χ1n) is 3.83. The van der Waals surface area contributed by atoms with E-state index >= 15 is 0 Å². The molecule has 0 fully saturated rings. The zero-order valence-corrected chi connectivity index (χ0v) is 7.66. The maximum Gasteiger partial charge on any atom is 0.203 e. The first kappa shape index (κ1) is 9.53. The van der Waals surface area contributed by atoms with Gasteiger partial charge in [0.15, 0.2) is 0 Å². The molecule has 0 bridgehead atoms. The second-order valence-corrected chi connectivity index (χ2v) is 2.65. The number of hydrogen-bond acceptors (Lipinski definition) is 4. The van der Waals surface area contributed by atoms with Crippen molar-refractivity contribution >= 4 is 5.96 Å². The van der Waals surface area contributed by atoms with Gasteiger partial charge in [0, 0.05) is 5.56 Å². The number of hydrogen-bond donors (Lipinski definition) is 3. The highest BCUT2D eigenvalue weighted by Crippen LogP contribution is 2.12. The molecular formula is C7H13N5O. The van der Waals surface area contributed by atoms with Gasteiger partial charge in [-0.05, 0) is 13.8 Å². The molecule has 0 unspecified atom stereocenters. The number of aryl methyl sites for hydroxylation is 2. The van der Waals surface area contributed by atoms with Crippen LogP contribution in [0.3, 0.4) is 0 Å². The Morgan fingerprint density at radius 1 is 1.62 bits per heavy atom. The third-order valence-corrected chi connectivity index (χ3v) is 1.74. The normalized spacial score (nSPS) is 11.8. The largest absolute Gasteiger partial charge is 0.369 e. The lowest BCUT2D eigenvalue weighted by Crippen LogP contribution is -2.37. The number of nitrogens with one attached hydrogen (secondary N) is 1. The summed E-state index contributed by atoms with van der Waals surface area (Å²) < 4.78 is 4.95. The van der Waals surface area contributed by atoms with Crippen molar-refractivity contribution in [2.24, 2.45) is 16.6 Å². The van der Waals surface area contributed by atoms with Crippen molar-refractivity contribution in [3.8, 4) is 0 Å². The van der Waals surface area contributed by atoms with Crippen molar-refractivity contribution in [1.82, 2.24) is 10.6 Å².